The minimum Gasteiger partial charge on any atom is -0.275 e. The van der Waals surface area contributed by atoms with Crippen LogP contribution < -0.4 is 0 Å². The molecule has 0 aromatic heterocycles. The lowest BCUT2D eigenvalue weighted by Crippen LogP contribution is -2.50. The zero-order valence-electron chi connectivity index (χ0n) is 17.3. The lowest BCUT2D eigenvalue weighted by Gasteiger charge is -2.36. The van der Waals surface area contributed by atoms with Gasteiger partial charge in [-0.1, -0.05) is 66.7 Å². The smallest absolute Gasteiger partial charge is 0.262 e. The van der Waals surface area contributed by atoms with Crippen LogP contribution in [0.1, 0.15) is 46.3 Å². The second-order valence-electron chi connectivity index (χ2n) is 6.90. The monoisotopic (exact) mass is 414 g/mol. The summed E-state index contributed by atoms with van der Waals surface area (Å²) in [6, 6.07) is 25.1. The van der Waals surface area contributed by atoms with Crippen molar-refractivity contribution < 1.29 is 19.2 Å². The van der Waals surface area contributed by atoms with E-state index in [2.05, 4.69) is 0 Å². The third-order valence-electron chi connectivity index (χ3n) is 4.74. The van der Waals surface area contributed by atoms with Crippen LogP contribution in [0.4, 0.5) is 0 Å². The maximum absolute atomic E-state index is 13.3. The molecule has 3 rings (SSSR count). The molecule has 0 aliphatic heterocycles. The van der Waals surface area contributed by atoms with Gasteiger partial charge >= 0.3 is 0 Å². The number of amides is 4. The van der Waals surface area contributed by atoms with Crippen molar-refractivity contribution in [2.24, 2.45) is 0 Å². The van der Waals surface area contributed by atoms with Crippen LogP contribution in [0.5, 0.6) is 0 Å². The Hall–Kier alpha value is -4.06. The third kappa shape index (κ3) is 4.75. The molecule has 3 aromatic rings. The molecule has 0 radical (unpaired) electrons. The van der Waals surface area contributed by atoms with Crippen molar-refractivity contribution in [3.05, 3.63) is 108 Å². The molecule has 0 saturated heterocycles. The summed E-state index contributed by atoms with van der Waals surface area (Å²) < 4.78 is 0. The number of hydrogen-bond acceptors (Lipinski definition) is 4. The molecule has 6 nitrogen and oxygen atoms in total. The summed E-state index contributed by atoms with van der Waals surface area (Å²) in [7, 11) is 0. The van der Waals surface area contributed by atoms with Gasteiger partial charge in [0.15, 0.2) is 0 Å². The standard InChI is InChI=1S/C25H22N2O4/c1-18(28)26(24(30)21-14-8-4-9-15-21)23(20-12-6-3-7-13-20)27(19(2)29)25(31)22-16-10-5-11-17-22/h3-17,23H,1-2H3. The lowest BCUT2D eigenvalue weighted by atomic mass is 10.1. The van der Waals surface area contributed by atoms with Crippen molar-refractivity contribution in [2.75, 3.05) is 0 Å². The topological polar surface area (TPSA) is 74.8 Å². The van der Waals surface area contributed by atoms with Crippen LogP contribution >= 0.6 is 0 Å². The van der Waals surface area contributed by atoms with Crippen molar-refractivity contribution in [3.63, 3.8) is 0 Å². The second kappa shape index (κ2) is 9.63. The highest BCUT2D eigenvalue weighted by Gasteiger charge is 2.38. The Morgan fingerprint density at radius 1 is 0.548 bits per heavy atom. The van der Waals surface area contributed by atoms with Crippen LogP contribution in [0.3, 0.4) is 0 Å². The molecule has 0 heterocycles. The SMILES string of the molecule is CC(=O)N(C(=O)c1ccccc1)C(c1ccccc1)N(C(C)=O)C(=O)c1ccccc1. The Kier molecular flexibility index (Phi) is 6.72. The third-order valence-corrected chi connectivity index (χ3v) is 4.74. The van der Waals surface area contributed by atoms with Gasteiger partial charge in [-0.05, 0) is 29.8 Å². The summed E-state index contributed by atoms with van der Waals surface area (Å²) in [6.45, 7) is 2.48. The Bertz CT molecular complexity index is 1010. The summed E-state index contributed by atoms with van der Waals surface area (Å²) in [4.78, 5) is 54.0. The summed E-state index contributed by atoms with van der Waals surface area (Å²) in [5, 5.41) is 0. The fourth-order valence-corrected chi connectivity index (χ4v) is 3.33. The van der Waals surface area contributed by atoms with Crippen molar-refractivity contribution >= 4 is 23.6 Å². The molecule has 31 heavy (non-hydrogen) atoms. The van der Waals surface area contributed by atoms with Gasteiger partial charge in [0.1, 0.15) is 6.17 Å². The number of rotatable bonds is 5. The zero-order valence-corrected chi connectivity index (χ0v) is 17.3. The molecular weight excluding hydrogens is 392 g/mol. The van der Waals surface area contributed by atoms with Crippen LogP contribution in [0.25, 0.3) is 0 Å². The molecular formula is C25H22N2O4. The Labute approximate surface area is 180 Å². The van der Waals surface area contributed by atoms with E-state index in [1.165, 1.54) is 13.8 Å². The van der Waals surface area contributed by atoms with Crippen molar-refractivity contribution in [3.8, 4) is 0 Å². The highest BCUT2D eigenvalue weighted by Crippen LogP contribution is 2.29. The maximum Gasteiger partial charge on any atom is 0.262 e. The number of carbonyl (C=O) groups excluding carboxylic acids is 4. The van der Waals surface area contributed by atoms with Crippen LogP contribution in [0.15, 0.2) is 91.0 Å². The fourth-order valence-electron chi connectivity index (χ4n) is 3.33. The molecule has 0 fully saturated rings. The summed E-state index contributed by atoms with van der Waals surface area (Å²) in [5.74, 6) is -2.38. The summed E-state index contributed by atoms with van der Waals surface area (Å²) in [5.41, 5.74) is 1.00. The van der Waals surface area contributed by atoms with Gasteiger partial charge in [-0.15, -0.1) is 0 Å². The number of hydrogen-bond donors (Lipinski definition) is 0. The van der Waals surface area contributed by atoms with Crippen LogP contribution in [-0.4, -0.2) is 33.4 Å². The number of benzene rings is 3. The van der Waals surface area contributed by atoms with Gasteiger partial charge in [-0.3, -0.25) is 29.0 Å². The molecule has 0 saturated carbocycles. The molecule has 4 amide bonds. The highest BCUT2D eigenvalue weighted by atomic mass is 16.2. The molecule has 156 valence electrons. The quantitative estimate of drug-likeness (QED) is 0.590. The largest absolute Gasteiger partial charge is 0.275 e. The van der Waals surface area contributed by atoms with Crippen LogP contribution in [0, 0.1) is 0 Å². The van der Waals surface area contributed by atoms with E-state index < -0.39 is 29.8 Å². The average molecular weight is 414 g/mol. The minimum absolute atomic E-state index is 0.272. The lowest BCUT2D eigenvalue weighted by molar-refractivity contribution is -0.137. The molecule has 0 bridgehead atoms. The molecule has 0 N–H and O–H groups in total. The Morgan fingerprint density at radius 3 is 1.19 bits per heavy atom. The van der Waals surface area contributed by atoms with E-state index in [1.54, 1.807) is 91.0 Å². The normalized spacial score (nSPS) is 10.4. The zero-order chi connectivity index (χ0) is 22.4. The van der Waals surface area contributed by atoms with Crippen LogP contribution in [0.2, 0.25) is 0 Å². The highest BCUT2D eigenvalue weighted by molar-refractivity contribution is 6.08. The van der Waals surface area contributed by atoms with E-state index >= 15 is 0 Å². The average Bonchev–Trinajstić information content (AvgIpc) is 2.79. The summed E-state index contributed by atoms with van der Waals surface area (Å²) >= 11 is 0. The molecule has 3 aromatic carbocycles. The van der Waals surface area contributed by atoms with Gasteiger partial charge in [-0.2, -0.15) is 0 Å². The molecule has 0 atom stereocenters. The van der Waals surface area contributed by atoms with Crippen LogP contribution in [-0.2, 0) is 9.59 Å². The van der Waals surface area contributed by atoms with Gasteiger partial charge < -0.3 is 0 Å². The van der Waals surface area contributed by atoms with Gasteiger partial charge in [0, 0.05) is 25.0 Å². The predicted molar refractivity (Wildman–Crippen MR) is 116 cm³/mol. The van der Waals surface area contributed by atoms with Gasteiger partial charge in [0.05, 0.1) is 0 Å². The van der Waals surface area contributed by atoms with Crippen molar-refractivity contribution in [1.82, 2.24) is 9.80 Å². The molecule has 0 spiro atoms. The number of nitrogens with zero attached hydrogens (tertiary/aromatic N) is 2. The number of imide groups is 2. The van der Waals surface area contributed by atoms with E-state index in [0.717, 1.165) is 9.80 Å². The van der Waals surface area contributed by atoms with E-state index in [1.807, 2.05) is 0 Å². The molecule has 0 unspecified atom stereocenters. The van der Waals surface area contributed by atoms with Gasteiger partial charge in [0.2, 0.25) is 11.8 Å². The van der Waals surface area contributed by atoms with Gasteiger partial charge in [-0.25, -0.2) is 0 Å². The minimum atomic E-state index is -1.24. The van der Waals surface area contributed by atoms with E-state index in [-0.39, 0.29) is 11.1 Å². The maximum atomic E-state index is 13.3. The first-order valence-corrected chi connectivity index (χ1v) is 9.75. The molecule has 0 aliphatic carbocycles. The Balaban J connectivity index is 2.18. The van der Waals surface area contributed by atoms with Gasteiger partial charge in [0.25, 0.3) is 11.8 Å². The predicted octanol–water partition coefficient (Wildman–Crippen LogP) is 4.06. The first-order chi connectivity index (χ1) is 14.9. The fraction of sp³-hybridized carbons (Fsp3) is 0.120. The van der Waals surface area contributed by atoms with Crippen molar-refractivity contribution in [2.45, 2.75) is 20.0 Å². The summed E-state index contributed by atoms with van der Waals surface area (Å²) in [6.07, 6.45) is -1.24. The molecule has 0 aliphatic rings. The second-order valence-corrected chi connectivity index (χ2v) is 6.90. The number of carbonyl (C=O) groups is 4. The van der Waals surface area contributed by atoms with E-state index in [9.17, 15) is 19.2 Å². The van der Waals surface area contributed by atoms with E-state index in [4.69, 9.17) is 0 Å². The van der Waals surface area contributed by atoms with Crippen molar-refractivity contribution in [1.29, 1.82) is 0 Å². The van der Waals surface area contributed by atoms with E-state index in [0.29, 0.717) is 5.56 Å². The molecule has 6 heteroatoms. The Morgan fingerprint density at radius 2 is 0.871 bits per heavy atom. The first-order valence-electron chi connectivity index (χ1n) is 9.75. The first kappa shape index (κ1) is 21.6.